The first-order valence-electron chi connectivity index (χ1n) is 4.74. The fourth-order valence-corrected chi connectivity index (χ4v) is 1.19. The molecular formula is C10H20ClNO. The van der Waals surface area contributed by atoms with Crippen LogP contribution in [0.25, 0.3) is 0 Å². The molecule has 0 heterocycles. The van der Waals surface area contributed by atoms with Crippen LogP contribution in [0.4, 0.5) is 0 Å². The Bertz CT molecular complexity index is 166. The van der Waals surface area contributed by atoms with Crippen molar-refractivity contribution in [2.24, 2.45) is 5.92 Å². The van der Waals surface area contributed by atoms with Gasteiger partial charge in [-0.1, -0.05) is 13.8 Å². The number of alkyl halides is 1. The number of nitrogens with one attached hydrogen (secondary N) is 1. The Balaban J connectivity index is 3.86. The van der Waals surface area contributed by atoms with Crippen LogP contribution in [0.3, 0.4) is 0 Å². The van der Waals surface area contributed by atoms with Crippen LogP contribution in [0.2, 0.25) is 0 Å². The highest BCUT2D eigenvalue weighted by molar-refractivity contribution is 6.27. The van der Waals surface area contributed by atoms with Crippen molar-refractivity contribution in [1.82, 2.24) is 5.32 Å². The molecule has 3 heteroatoms. The van der Waals surface area contributed by atoms with Crippen LogP contribution < -0.4 is 5.32 Å². The fraction of sp³-hybridized carbons (Fsp3) is 0.900. The van der Waals surface area contributed by atoms with Crippen LogP contribution in [0, 0.1) is 5.92 Å². The second-order valence-corrected chi connectivity index (χ2v) is 4.77. The minimum atomic E-state index is -0.129. The lowest BCUT2D eigenvalue weighted by Crippen LogP contribution is -2.44. The Morgan fingerprint density at radius 3 is 2.38 bits per heavy atom. The minimum Gasteiger partial charge on any atom is -0.350 e. The third-order valence-electron chi connectivity index (χ3n) is 1.95. The maximum absolute atomic E-state index is 11.0. The summed E-state index contributed by atoms with van der Waals surface area (Å²) >= 11 is 5.41. The molecule has 0 aliphatic heterocycles. The summed E-state index contributed by atoms with van der Waals surface area (Å²) in [5.41, 5.74) is -0.129. The number of carbonyl (C=O) groups excluding carboxylic acids is 1. The molecule has 0 aliphatic rings. The van der Waals surface area contributed by atoms with Crippen molar-refractivity contribution in [3.63, 3.8) is 0 Å². The predicted octanol–water partition coefficient (Wildman–Crippen LogP) is 2.56. The lowest BCUT2D eigenvalue weighted by molar-refractivity contribution is -0.120. The van der Waals surface area contributed by atoms with Gasteiger partial charge in [-0.05, 0) is 32.6 Å². The molecule has 0 rings (SSSR count). The zero-order chi connectivity index (χ0) is 10.5. The molecule has 0 aliphatic carbocycles. The third-order valence-corrected chi connectivity index (χ3v) is 2.19. The van der Waals surface area contributed by atoms with E-state index in [2.05, 4.69) is 19.2 Å². The monoisotopic (exact) mass is 205 g/mol. The highest BCUT2D eigenvalue weighted by Crippen LogP contribution is 2.15. The number of hydrogen-bond donors (Lipinski definition) is 1. The number of carbonyl (C=O) groups is 1. The quantitative estimate of drug-likeness (QED) is 0.687. The van der Waals surface area contributed by atoms with E-state index in [9.17, 15) is 4.79 Å². The van der Waals surface area contributed by atoms with E-state index in [1.807, 2.05) is 13.8 Å². The largest absolute Gasteiger partial charge is 0.350 e. The van der Waals surface area contributed by atoms with Crippen molar-refractivity contribution in [3.05, 3.63) is 0 Å². The van der Waals surface area contributed by atoms with E-state index in [0.29, 0.717) is 5.92 Å². The van der Waals surface area contributed by atoms with Gasteiger partial charge in [0.2, 0.25) is 5.91 Å². The molecule has 1 amide bonds. The van der Waals surface area contributed by atoms with Crippen molar-refractivity contribution in [2.75, 3.05) is 5.88 Å². The SMILES string of the molecule is CC(C)CCC(C)(C)NC(=O)CCl. The summed E-state index contributed by atoms with van der Waals surface area (Å²) < 4.78 is 0. The second kappa shape index (κ2) is 5.48. The van der Waals surface area contributed by atoms with Crippen molar-refractivity contribution in [2.45, 2.75) is 46.1 Å². The first-order chi connectivity index (χ1) is 5.87. The third kappa shape index (κ3) is 6.88. The van der Waals surface area contributed by atoms with Gasteiger partial charge in [-0.2, -0.15) is 0 Å². The van der Waals surface area contributed by atoms with Gasteiger partial charge in [-0.15, -0.1) is 11.6 Å². The summed E-state index contributed by atoms with van der Waals surface area (Å²) in [6.45, 7) is 8.42. The zero-order valence-electron chi connectivity index (χ0n) is 8.98. The summed E-state index contributed by atoms with van der Waals surface area (Å²) in [6, 6.07) is 0. The molecule has 0 saturated carbocycles. The summed E-state index contributed by atoms with van der Waals surface area (Å²) in [5, 5.41) is 2.89. The molecule has 0 fully saturated rings. The molecule has 0 radical (unpaired) electrons. The molecule has 78 valence electrons. The number of hydrogen-bond acceptors (Lipinski definition) is 1. The average Bonchev–Trinajstić information content (AvgIpc) is 2.00. The first-order valence-corrected chi connectivity index (χ1v) is 5.28. The summed E-state index contributed by atoms with van der Waals surface area (Å²) in [4.78, 5) is 11.0. The standard InChI is InChI=1S/C10H20ClNO/c1-8(2)5-6-10(3,4)12-9(13)7-11/h8H,5-7H2,1-4H3,(H,12,13). The lowest BCUT2D eigenvalue weighted by atomic mass is 9.94. The predicted molar refractivity (Wildman–Crippen MR) is 57.0 cm³/mol. The normalized spacial score (nSPS) is 11.8. The molecule has 0 aromatic carbocycles. The van der Waals surface area contributed by atoms with Crippen LogP contribution in [0.5, 0.6) is 0 Å². The number of rotatable bonds is 5. The van der Waals surface area contributed by atoms with Crippen molar-refractivity contribution >= 4 is 17.5 Å². The van der Waals surface area contributed by atoms with E-state index in [0.717, 1.165) is 12.8 Å². The topological polar surface area (TPSA) is 29.1 Å². The molecular weight excluding hydrogens is 186 g/mol. The van der Waals surface area contributed by atoms with Crippen LogP contribution in [0.15, 0.2) is 0 Å². The van der Waals surface area contributed by atoms with Crippen LogP contribution in [-0.2, 0) is 4.79 Å². The minimum absolute atomic E-state index is 0.0467. The van der Waals surface area contributed by atoms with Crippen LogP contribution in [0.1, 0.15) is 40.5 Å². The lowest BCUT2D eigenvalue weighted by Gasteiger charge is -2.26. The Morgan fingerprint density at radius 2 is 2.00 bits per heavy atom. The van der Waals surface area contributed by atoms with Gasteiger partial charge in [0.15, 0.2) is 0 Å². The van der Waals surface area contributed by atoms with Crippen molar-refractivity contribution in [1.29, 1.82) is 0 Å². The fourth-order valence-electron chi connectivity index (χ4n) is 1.12. The Hall–Kier alpha value is -0.240. The van der Waals surface area contributed by atoms with E-state index in [1.165, 1.54) is 0 Å². The smallest absolute Gasteiger partial charge is 0.235 e. The average molecular weight is 206 g/mol. The molecule has 13 heavy (non-hydrogen) atoms. The highest BCUT2D eigenvalue weighted by Gasteiger charge is 2.19. The van der Waals surface area contributed by atoms with Gasteiger partial charge in [-0.3, -0.25) is 4.79 Å². The van der Waals surface area contributed by atoms with Gasteiger partial charge in [0.1, 0.15) is 5.88 Å². The van der Waals surface area contributed by atoms with Crippen LogP contribution >= 0.6 is 11.6 Å². The van der Waals surface area contributed by atoms with Gasteiger partial charge in [-0.25, -0.2) is 0 Å². The maximum atomic E-state index is 11.0. The molecule has 0 aromatic rings. The van der Waals surface area contributed by atoms with E-state index in [1.54, 1.807) is 0 Å². The Kier molecular flexibility index (Phi) is 5.38. The summed E-state index contributed by atoms with van der Waals surface area (Å²) in [7, 11) is 0. The maximum Gasteiger partial charge on any atom is 0.235 e. The summed E-state index contributed by atoms with van der Waals surface area (Å²) in [5.74, 6) is 0.632. The summed E-state index contributed by atoms with van der Waals surface area (Å²) in [6.07, 6.45) is 2.11. The highest BCUT2D eigenvalue weighted by atomic mass is 35.5. The number of halogens is 1. The molecule has 0 spiro atoms. The van der Waals surface area contributed by atoms with Gasteiger partial charge in [0.25, 0.3) is 0 Å². The molecule has 1 N–H and O–H groups in total. The molecule has 0 unspecified atom stereocenters. The Labute approximate surface area is 86.0 Å². The van der Waals surface area contributed by atoms with E-state index in [-0.39, 0.29) is 17.3 Å². The van der Waals surface area contributed by atoms with Gasteiger partial charge in [0, 0.05) is 5.54 Å². The second-order valence-electron chi connectivity index (χ2n) is 4.50. The number of amides is 1. The molecule has 0 atom stereocenters. The van der Waals surface area contributed by atoms with Crippen molar-refractivity contribution in [3.8, 4) is 0 Å². The van der Waals surface area contributed by atoms with Gasteiger partial charge >= 0.3 is 0 Å². The van der Waals surface area contributed by atoms with Crippen molar-refractivity contribution < 1.29 is 4.79 Å². The van der Waals surface area contributed by atoms with E-state index >= 15 is 0 Å². The van der Waals surface area contributed by atoms with Gasteiger partial charge < -0.3 is 5.32 Å². The molecule has 0 aromatic heterocycles. The van der Waals surface area contributed by atoms with E-state index in [4.69, 9.17) is 11.6 Å². The van der Waals surface area contributed by atoms with E-state index < -0.39 is 0 Å². The molecule has 0 bridgehead atoms. The van der Waals surface area contributed by atoms with Gasteiger partial charge in [0.05, 0.1) is 0 Å². The van der Waals surface area contributed by atoms with Crippen LogP contribution in [-0.4, -0.2) is 17.3 Å². The molecule has 0 saturated heterocycles. The zero-order valence-corrected chi connectivity index (χ0v) is 9.74. The Morgan fingerprint density at radius 1 is 1.46 bits per heavy atom. The first kappa shape index (κ1) is 12.8. The molecule has 2 nitrogen and oxygen atoms in total.